The zero-order valence-electron chi connectivity index (χ0n) is 8.36. The Morgan fingerprint density at radius 2 is 2.06 bits per heavy atom. The van der Waals surface area contributed by atoms with E-state index in [1.807, 2.05) is 0 Å². The van der Waals surface area contributed by atoms with E-state index >= 15 is 0 Å². The van der Waals surface area contributed by atoms with Crippen molar-refractivity contribution in [1.82, 2.24) is 0 Å². The molecular formula is C11H7F3O3. The number of benzene rings is 1. The van der Waals surface area contributed by atoms with Crippen LogP contribution in [0.15, 0.2) is 24.3 Å². The third kappa shape index (κ3) is 2.25. The molecule has 0 amide bonds. The van der Waals surface area contributed by atoms with Gasteiger partial charge in [0.2, 0.25) is 6.10 Å². The van der Waals surface area contributed by atoms with E-state index in [0.29, 0.717) is 0 Å². The first-order chi connectivity index (χ1) is 7.88. The second-order valence-electron chi connectivity index (χ2n) is 3.49. The van der Waals surface area contributed by atoms with Crippen LogP contribution in [0.3, 0.4) is 0 Å². The lowest BCUT2D eigenvalue weighted by Gasteiger charge is -2.19. The van der Waals surface area contributed by atoms with Gasteiger partial charge in [-0.1, -0.05) is 6.08 Å². The molecule has 1 unspecified atom stereocenters. The molecule has 0 radical (unpaired) electrons. The van der Waals surface area contributed by atoms with Crippen molar-refractivity contribution in [2.24, 2.45) is 0 Å². The molecule has 0 bridgehead atoms. The number of halogens is 3. The Morgan fingerprint density at radius 3 is 2.65 bits per heavy atom. The van der Waals surface area contributed by atoms with Gasteiger partial charge in [0.15, 0.2) is 0 Å². The summed E-state index contributed by atoms with van der Waals surface area (Å²) < 4.78 is 42.2. The number of carbonyl (C=O) groups is 1. The van der Waals surface area contributed by atoms with Crippen LogP contribution < -0.4 is 4.74 Å². The van der Waals surface area contributed by atoms with Gasteiger partial charge in [-0.2, -0.15) is 13.2 Å². The van der Waals surface area contributed by atoms with E-state index in [4.69, 9.17) is 9.84 Å². The van der Waals surface area contributed by atoms with Crippen molar-refractivity contribution in [2.45, 2.75) is 12.3 Å². The first kappa shape index (κ1) is 11.5. The van der Waals surface area contributed by atoms with Crippen molar-refractivity contribution in [3.8, 4) is 5.75 Å². The van der Waals surface area contributed by atoms with Gasteiger partial charge in [0, 0.05) is 5.56 Å². The summed E-state index contributed by atoms with van der Waals surface area (Å²) in [6, 6.07) is 2.90. The molecule has 0 aliphatic carbocycles. The minimum absolute atomic E-state index is 0.132. The van der Waals surface area contributed by atoms with Crippen molar-refractivity contribution in [3.63, 3.8) is 0 Å². The number of rotatable bonds is 1. The minimum atomic E-state index is -4.42. The van der Waals surface area contributed by atoms with Crippen molar-refractivity contribution >= 4 is 12.0 Å². The molecule has 1 aromatic rings. The van der Waals surface area contributed by atoms with Crippen molar-refractivity contribution in [1.29, 1.82) is 0 Å². The smallest absolute Gasteiger partial charge is 0.416 e. The second kappa shape index (κ2) is 3.80. The van der Waals surface area contributed by atoms with Gasteiger partial charge in [0.25, 0.3) is 0 Å². The van der Waals surface area contributed by atoms with Crippen LogP contribution in [0.25, 0.3) is 6.08 Å². The molecule has 1 aliphatic rings. The highest BCUT2D eigenvalue weighted by Crippen LogP contribution is 2.34. The highest BCUT2D eigenvalue weighted by atomic mass is 19.4. The Hall–Kier alpha value is -1.98. The average molecular weight is 244 g/mol. The van der Waals surface area contributed by atoms with Gasteiger partial charge < -0.3 is 9.84 Å². The maximum absolute atomic E-state index is 12.4. The molecule has 0 saturated carbocycles. The fraction of sp³-hybridized carbons (Fsp3) is 0.182. The Bertz CT molecular complexity index is 491. The number of alkyl halides is 3. The first-order valence-electron chi connectivity index (χ1n) is 4.67. The van der Waals surface area contributed by atoms with E-state index in [1.165, 1.54) is 12.2 Å². The van der Waals surface area contributed by atoms with Gasteiger partial charge in [-0.15, -0.1) is 0 Å². The number of carboxylic acid groups (broad SMARTS) is 1. The maximum Gasteiger partial charge on any atom is 0.416 e. The zero-order valence-corrected chi connectivity index (χ0v) is 8.36. The van der Waals surface area contributed by atoms with E-state index < -0.39 is 23.8 Å². The molecule has 2 rings (SSSR count). The van der Waals surface area contributed by atoms with E-state index in [0.717, 1.165) is 18.2 Å². The second-order valence-corrected chi connectivity index (χ2v) is 3.49. The van der Waals surface area contributed by atoms with Crippen LogP contribution in [0.2, 0.25) is 0 Å². The minimum Gasteiger partial charge on any atom is -0.478 e. The van der Waals surface area contributed by atoms with Crippen molar-refractivity contribution < 1.29 is 27.8 Å². The molecule has 6 heteroatoms. The standard InChI is InChI=1S/C11H7F3O3/c12-11(13,14)7-2-4-8-6(5-7)1-3-9(17-8)10(15)16/h1-5,9H,(H,15,16). The fourth-order valence-electron chi connectivity index (χ4n) is 1.46. The molecule has 17 heavy (non-hydrogen) atoms. The van der Waals surface area contributed by atoms with Gasteiger partial charge in [-0.05, 0) is 24.3 Å². The van der Waals surface area contributed by atoms with E-state index in [-0.39, 0.29) is 11.3 Å². The van der Waals surface area contributed by atoms with Gasteiger partial charge in [0.05, 0.1) is 5.56 Å². The van der Waals surface area contributed by atoms with Crippen LogP contribution in [0.1, 0.15) is 11.1 Å². The average Bonchev–Trinajstić information content (AvgIpc) is 2.26. The van der Waals surface area contributed by atoms with Crippen molar-refractivity contribution in [3.05, 3.63) is 35.4 Å². The van der Waals surface area contributed by atoms with E-state index in [9.17, 15) is 18.0 Å². The lowest BCUT2D eigenvalue weighted by molar-refractivity contribution is -0.143. The number of fused-ring (bicyclic) bond motifs is 1. The van der Waals surface area contributed by atoms with Crippen LogP contribution in [-0.2, 0) is 11.0 Å². The van der Waals surface area contributed by atoms with Crippen LogP contribution in [-0.4, -0.2) is 17.2 Å². The molecule has 90 valence electrons. The highest BCUT2D eigenvalue weighted by Gasteiger charge is 2.32. The van der Waals surface area contributed by atoms with Crippen LogP contribution >= 0.6 is 0 Å². The molecule has 0 aromatic heterocycles. The van der Waals surface area contributed by atoms with E-state index in [2.05, 4.69) is 0 Å². The number of hydrogen-bond donors (Lipinski definition) is 1. The predicted octanol–water partition coefficient (Wildman–Crippen LogP) is 2.56. The highest BCUT2D eigenvalue weighted by molar-refractivity contribution is 5.79. The summed E-state index contributed by atoms with van der Waals surface area (Å²) in [7, 11) is 0. The Morgan fingerprint density at radius 1 is 1.35 bits per heavy atom. The third-order valence-corrected chi connectivity index (χ3v) is 2.29. The van der Waals surface area contributed by atoms with E-state index in [1.54, 1.807) is 0 Å². The van der Waals surface area contributed by atoms with Crippen LogP contribution in [0, 0.1) is 0 Å². The lowest BCUT2D eigenvalue weighted by Crippen LogP contribution is -2.26. The molecule has 1 aliphatic heterocycles. The first-order valence-corrected chi connectivity index (χ1v) is 4.67. The SMILES string of the molecule is O=C(O)C1C=Cc2cc(C(F)(F)F)ccc2O1. The molecule has 0 saturated heterocycles. The maximum atomic E-state index is 12.4. The number of hydrogen-bond acceptors (Lipinski definition) is 2. The fourth-order valence-corrected chi connectivity index (χ4v) is 1.46. The summed E-state index contributed by atoms with van der Waals surface area (Å²) in [5.41, 5.74) is -0.574. The lowest BCUT2D eigenvalue weighted by atomic mass is 10.1. The Labute approximate surface area is 94.1 Å². The van der Waals surface area contributed by atoms with Gasteiger partial charge >= 0.3 is 12.1 Å². The molecule has 1 atom stereocenters. The van der Waals surface area contributed by atoms with Crippen molar-refractivity contribution in [2.75, 3.05) is 0 Å². The Balaban J connectivity index is 2.36. The molecule has 0 fully saturated rings. The molecular weight excluding hydrogens is 237 g/mol. The largest absolute Gasteiger partial charge is 0.478 e. The van der Waals surface area contributed by atoms with Gasteiger partial charge in [0.1, 0.15) is 5.75 Å². The van der Waals surface area contributed by atoms with Gasteiger partial charge in [-0.3, -0.25) is 0 Å². The summed E-state index contributed by atoms with van der Waals surface area (Å²) in [5, 5.41) is 8.69. The molecule has 3 nitrogen and oxygen atoms in total. The normalized spacial score (nSPS) is 18.4. The third-order valence-electron chi connectivity index (χ3n) is 2.29. The number of ether oxygens (including phenoxy) is 1. The summed E-state index contributed by atoms with van der Waals surface area (Å²) in [5.74, 6) is -1.06. The quantitative estimate of drug-likeness (QED) is 0.825. The summed E-state index contributed by atoms with van der Waals surface area (Å²) in [6.07, 6.45) is -3.07. The van der Waals surface area contributed by atoms with Gasteiger partial charge in [-0.25, -0.2) is 4.79 Å². The molecule has 1 aromatic carbocycles. The number of carboxylic acids is 1. The summed E-state index contributed by atoms with van der Waals surface area (Å²) >= 11 is 0. The predicted molar refractivity (Wildman–Crippen MR) is 52.5 cm³/mol. The monoisotopic (exact) mass is 244 g/mol. The topological polar surface area (TPSA) is 46.5 Å². The molecule has 1 N–H and O–H groups in total. The summed E-state index contributed by atoms with van der Waals surface area (Å²) in [6.45, 7) is 0. The molecule has 1 heterocycles. The molecule has 0 spiro atoms. The number of aliphatic carboxylic acids is 1. The zero-order chi connectivity index (χ0) is 12.6. The van der Waals surface area contributed by atoms with Crippen LogP contribution in [0.5, 0.6) is 5.75 Å². The Kier molecular flexibility index (Phi) is 2.57. The van der Waals surface area contributed by atoms with Crippen LogP contribution in [0.4, 0.5) is 13.2 Å². The summed E-state index contributed by atoms with van der Waals surface area (Å²) in [4.78, 5) is 10.6.